The van der Waals surface area contributed by atoms with Crippen LogP contribution in [0.15, 0.2) is 53.4 Å². The number of piperazine rings is 1. The van der Waals surface area contributed by atoms with Gasteiger partial charge in [0.1, 0.15) is 0 Å². The summed E-state index contributed by atoms with van der Waals surface area (Å²) in [4.78, 5) is 5.24. The van der Waals surface area contributed by atoms with Gasteiger partial charge in [0.15, 0.2) is 9.84 Å². The van der Waals surface area contributed by atoms with Crippen LogP contribution in [-0.2, 0) is 15.6 Å². The Kier molecular flexibility index (Phi) is 3.95. The van der Waals surface area contributed by atoms with Crippen LogP contribution >= 0.6 is 0 Å². The average molecular weight is 342 g/mol. The molecule has 24 heavy (non-hydrogen) atoms. The van der Waals surface area contributed by atoms with Gasteiger partial charge in [0.25, 0.3) is 0 Å². The van der Waals surface area contributed by atoms with Crippen molar-refractivity contribution in [2.24, 2.45) is 0 Å². The molecule has 2 heterocycles. The Morgan fingerprint density at radius 2 is 1.50 bits per heavy atom. The van der Waals surface area contributed by atoms with Crippen LogP contribution < -0.4 is 0 Å². The molecular weight excluding hydrogens is 320 g/mol. The van der Waals surface area contributed by atoms with Gasteiger partial charge in [-0.15, -0.1) is 0 Å². The van der Waals surface area contributed by atoms with Crippen LogP contribution in [0.5, 0.6) is 0 Å². The highest BCUT2D eigenvalue weighted by molar-refractivity contribution is 7.90. The molecule has 2 aliphatic rings. The fraction of sp³-hybridized carbons (Fsp3) is 0.368. The Hall–Kier alpha value is -1.69. The number of sulfone groups is 1. The van der Waals surface area contributed by atoms with Gasteiger partial charge in [0.05, 0.1) is 16.7 Å². The number of hydrogen-bond acceptors (Lipinski definition) is 4. The smallest absolute Gasteiger partial charge is 0.182 e. The van der Waals surface area contributed by atoms with Gasteiger partial charge >= 0.3 is 0 Å². The van der Waals surface area contributed by atoms with Gasteiger partial charge < -0.3 is 4.90 Å². The van der Waals surface area contributed by atoms with Gasteiger partial charge in [0, 0.05) is 26.2 Å². The molecule has 2 aromatic carbocycles. The van der Waals surface area contributed by atoms with Crippen molar-refractivity contribution in [3.63, 3.8) is 0 Å². The van der Waals surface area contributed by atoms with E-state index in [-0.39, 0.29) is 11.8 Å². The Balaban J connectivity index is 1.91. The molecule has 2 aromatic rings. The minimum atomic E-state index is -3.31. The van der Waals surface area contributed by atoms with Crippen molar-refractivity contribution >= 4 is 9.84 Å². The van der Waals surface area contributed by atoms with E-state index in [0.29, 0.717) is 4.90 Å². The SMILES string of the molecule is CN1CCN(C2c3ccccc3CS(=O)(=O)c3ccccc32)CC1. The average Bonchev–Trinajstić information content (AvgIpc) is 2.68. The fourth-order valence-corrected chi connectivity index (χ4v) is 5.50. The van der Waals surface area contributed by atoms with Crippen molar-refractivity contribution in [2.45, 2.75) is 16.7 Å². The topological polar surface area (TPSA) is 40.6 Å². The van der Waals surface area contributed by atoms with E-state index in [1.807, 2.05) is 36.4 Å². The summed E-state index contributed by atoms with van der Waals surface area (Å²) in [5.74, 6) is 0.0877. The van der Waals surface area contributed by atoms with Crippen molar-refractivity contribution in [1.29, 1.82) is 0 Å². The lowest BCUT2D eigenvalue weighted by molar-refractivity contribution is 0.126. The largest absolute Gasteiger partial charge is 0.304 e. The Morgan fingerprint density at radius 3 is 2.25 bits per heavy atom. The Labute approximate surface area is 143 Å². The van der Waals surface area contributed by atoms with E-state index in [1.165, 1.54) is 0 Å². The predicted octanol–water partition coefficient (Wildman–Crippen LogP) is 2.31. The van der Waals surface area contributed by atoms with Crippen molar-refractivity contribution < 1.29 is 8.42 Å². The molecule has 0 amide bonds. The molecule has 5 heteroatoms. The monoisotopic (exact) mass is 342 g/mol. The molecule has 1 unspecified atom stereocenters. The molecule has 0 N–H and O–H groups in total. The third-order valence-corrected chi connectivity index (χ3v) is 6.88. The van der Waals surface area contributed by atoms with Crippen molar-refractivity contribution in [2.75, 3.05) is 33.2 Å². The summed E-state index contributed by atoms with van der Waals surface area (Å²) in [7, 11) is -1.18. The third kappa shape index (κ3) is 2.66. The molecule has 0 bridgehead atoms. The second-order valence-electron chi connectivity index (χ2n) is 6.74. The lowest BCUT2D eigenvalue weighted by Gasteiger charge is -2.38. The zero-order valence-corrected chi connectivity index (χ0v) is 14.7. The molecule has 0 spiro atoms. The van der Waals surface area contributed by atoms with Gasteiger partial charge in [-0.1, -0.05) is 42.5 Å². The van der Waals surface area contributed by atoms with Gasteiger partial charge in [-0.05, 0) is 29.8 Å². The molecule has 126 valence electrons. The number of likely N-dealkylation sites (N-methyl/N-ethyl adjacent to an activating group) is 1. The molecule has 2 aliphatic heterocycles. The zero-order valence-electron chi connectivity index (χ0n) is 13.9. The molecule has 0 radical (unpaired) electrons. The minimum Gasteiger partial charge on any atom is -0.304 e. The maximum absolute atomic E-state index is 12.9. The minimum absolute atomic E-state index is 0.0170. The second kappa shape index (κ2) is 5.99. The summed E-state index contributed by atoms with van der Waals surface area (Å²) < 4.78 is 25.8. The van der Waals surface area contributed by atoms with E-state index in [2.05, 4.69) is 22.9 Å². The molecule has 0 saturated carbocycles. The standard InChI is InChI=1S/C19H22N2O2S/c1-20-10-12-21(13-11-20)19-16-7-3-2-6-15(16)14-24(22,23)18-9-5-4-8-17(18)19/h2-9,19H,10-14H2,1H3. The quantitative estimate of drug-likeness (QED) is 0.797. The summed E-state index contributed by atoms with van der Waals surface area (Å²) in [5, 5.41) is 0. The van der Waals surface area contributed by atoms with Gasteiger partial charge in [-0.2, -0.15) is 0 Å². The van der Waals surface area contributed by atoms with E-state index >= 15 is 0 Å². The highest BCUT2D eigenvalue weighted by Crippen LogP contribution is 2.39. The molecular formula is C19H22N2O2S. The summed E-state index contributed by atoms with van der Waals surface area (Å²) in [6.07, 6.45) is 0. The first-order valence-electron chi connectivity index (χ1n) is 8.38. The first-order valence-corrected chi connectivity index (χ1v) is 10.0. The molecule has 0 aromatic heterocycles. The molecule has 4 nitrogen and oxygen atoms in total. The first-order chi connectivity index (χ1) is 11.6. The van der Waals surface area contributed by atoms with E-state index < -0.39 is 9.84 Å². The van der Waals surface area contributed by atoms with Gasteiger partial charge in [-0.25, -0.2) is 8.42 Å². The highest BCUT2D eigenvalue weighted by Gasteiger charge is 2.35. The summed E-state index contributed by atoms with van der Waals surface area (Å²) in [6.45, 7) is 3.91. The molecule has 1 fully saturated rings. The van der Waals surface area contributed by atoms with Gasteiger partial charge in [0.2, 0.25) is 0 Å². The maximum Gasteiger partial charge on any atom is 0.182 e. The van der Waals surface area contributed by atoms with Crippen LogP contribution in [0.1, 0.15) is 22.7 Å². The van der Waals surface area contributed by atoms with Crippen LogP contribution in [0.3, 0.4) is 0 Å². The van der Waals surface area contributed by atoms with Crippen LogP contribution in [0.25, 0.3) is 0 Å². The maximum atomic E-state index is 12.9. The number of fused-ring (bicyclic) bond motifs is 2. The molecule has 0 aliphatic carbocycles. The lowest BCUT2D eigenvalue weighted by atomic mass is 9.93. The van der Waals surface area contributed by atoms with Crippen molar-refractivity contribution in [3.8, 4) is 0 Å². The van der Waals surface area contributed by atoms with Crippen molar-refractivity contribution in [3.05, 3.63) is 65.2 Å². The van der Waals surface area contributed by atoms with Crippen molar-refractivity contribution in [1.82, 2.24) is 9.80 Å². The van der Waals surface area contributed by atoms with Gasteiger partial charge in [-0.3, -0.25) is 4.90 Å². The van der Waals surface area contributed by atoms with Crippen LogP contribution in [0.4, 0.5) is 0 Å². The fourth-order valence-electron chi connectivity index (χ4n) is 3.85. The first kappa shape index (κ1) is 15.8. The number of nitrogens with zero attached hydrogens (tertiary/aromatic N) is 2. The third-order valence-electron chi connectivity index (χ3n) is 5.15. The van der Waals surface area contributed by atoms with Crippen LogP contribution in [-0.4, -0.2) is 51.4 Å². The van der Waals surface area contributed by atoms with E-state index in [4.69, 9.17) is 0 Å². The Bertz CT molecular complexity index is 855. The second-order valence-corrected chi connectivity index (χ2v) is 8.70. The summed E-state index contributed by atoms with van der Waals surface area (Å²) in [5.41, 5.74) is 2.99. The zero-order chi connectivity index (χ0) is 16.7. The van der Waals surface area contributed by atoms with Crippen LogP contribution in [0, 0.1) is 0 Å². The highest BCUT2D eigenvalue weighted by atomic mass is 32.2. The summed E-state index contributed by atoms with van der Waals surface area (Å²) in [6, 6.07) is 15.5. The van der Waals surface area contributed by atoms with E-state index in [9.17, 15) is 8.42 Å². The predicted molar refractivity (Wildman–Crippen MR) is 94.7 cm³/mol. The summed E-state index contributed by atoms with van der Waals surface area (Å²) >= 11 is 0. The van der Waals surface area contributed by atoms with E-state index in [0.717, 1.165) is 42.9 Å². The van der Waals surface area contributed by atoms with E-state index in [1.54, 1.807) is 6.07 Å². The number of rotatable bonds is 1. The number of benzene rings is 2. The molecule has 1 saturated heterocycles. The van der Waals surface area contributed by atoms with Crippen LogP contribution in [0.2, 0.25) is 0 Å². The molecule has 4 rings (SSSR count). The normalized spacial score (nSPS) is 24.0. The number of hydrogen-bond donors (Lipinski definition) is 0. The lowest BCUT2D eigenvalue weighted by Crippen LogP contribution is -2.46. The molecule has 1 atom stereocenters. The Morgan fingerprint density at radius 1 is 0.875 bits per heavy atom.